The summed E-state index contributed by atoms with van der Waals surface area (Å²) in [5.74, 6) is -0.256. The van der Waals surface area contributed by atoms with Crippen LogP contribution in [0.25, 0.3) is 0 Å². The molecule has 1 aromatic rings. The SMILES string of the molecule is CC(O)CN(C)C(=O)c1cc(Cl)ccc1Cl. The van der Waals surface area contributed by atoms with Crippen molar-refractivity contribution >= 4 is 29.1 Å². The zero-order valence-electron chi connectivity index (χ0n) is 9.08. The summed E-state index contributed by atoms with van der Waals surface area (Å²) < 4.78 is 0. The maximum absolute atomic E-state index is 11.9. The predicted molar refractivity (Wildman–Crippen MR) is 65.1 cm³/mol. The van der Waals surface area contributed by atoms with Crippen LogP contribution in [0.5, 0.6) is 0 Å². The van der Waals surface area contributed by atoms with E-state index in [-0.39, 0.29) is 12.5 Å². The van der Waals surface area contributed by atoms with Crippen LogP contribution in [0.1, 0.15) is 17.3 Å². The van der Waals surface area contributed by atoms with Gasteiger partial charge in [0.15, 0.2) is 0 Å². The fraction of sp³-hybridized carbons (Fsp3) is 0.364. The quantitative estimate of drug-likeness (QED) is 0.908. The van der Waals surface area contributed by atoms with E-state index in [2.05, 4.69) is 0 Å². The molecule has 0 heterocycles. The molecule has 0 aliphatic carbocycles. The number of aliphatic hydroxyl groups is 1. The maximum Gasteiger partial charge on any atom is 0.255 e. The number of carbonyl (C=O) groups is 1. The molecule has 0 aromatic heterocycles. The Morgan fingerprint density at radius 3 is 2.69 bits per heavy atom. The summed E-state index contributed by atoms with van der Waals surface area (Å²) in [5.41, 5.74) is 0.345. The predicted octanol–water partition coefficient (Wildman–Crippen LogP) is 2.45. The van der Waals surface area contributed by atoms with Crippen LogP contribution in [0.2, 0.25) is 10.0 Å². The van der Waals surface area contributed by atoms with Gasteiger partial charge in [-0.3, -0.25) is 4.79 Å². The number of carbonyl (C=O) groups excluding carboxylic acids is 1. The van der Waals surface area contributed by atoms with Gasteiger partial charge in [-0.05, 0) is 25.1 Å². The number of aliphatic hydroxyl groups excluding tert-OH is 1. The molecule has 1 N–H and O–H groups in total. The summed E-state index contributed by atoms with van der Waals surface area (Å²) in [6.45, 7) is 1.87. The minimum atomic E-state index is -0.577. The van der Waals surface area contributed by atoms with E-state index in [9.17, 15) is 9.90 Å². The Labute approximate surface area is 105 Å². The van der Waals surface area contributed by atoms with Gasteiger partial charge in [-0.15, -0.1) is 0 Å². The van der Waals surface area contributed by atoms with E-state index in [1.807, 2.05) is 0 Å². The molecular weight excluding hydrogens is 249 g/mol. The third-order valence-corrected chi connectivity index (χ3v) is 2.61. The van der Waals surface area contributed by atoms with Crippen molar-refractivity contribution in [3.05, 3.63) is 33.8 Å². The molecule has 0 saturated heterocycles. The van der Waals surface area contributed by atoms with Gasteiger partial charge in [-0.2, -0.15) is 0 Å². The van der Waals surface area contributed by atoms with Crippen molar-refractivity contribution in [2.24, 2.45) is 0 Å². The Balaban J connectivity index is 2.91. The number of amides is 1. The highest BCUT2D eigenvalue weighted by Crippen LogP contribution is 2.21. The monoisotopic (exact) mass is 261 g/mol. The van der Waals surface area contributed by atoms with Gasteiger partial charge in [0, 0.05) is 18.6 Å². The van der Waals surface area contributed by atoms with Crippen molar-refractivity contribution in [1.29, 1.82) is 0 Å². The molecule has 0 saturated carbocycles. The number of rotatable bonds is 3. The Hall–Kier alpha value is -0.770. The van der Waals surface area contributed by atoms with Gasteiger partial charge in [0.1, 0.15) is 0 Å². The molecule has 0 radical (unpaired) electrons. The van der Waals surface area contributed by atoms with E-state index in [0.717, 1.165) is 0 Å². The van der Waals surface area contributed by atoms with Crippen LogP contribution < -0.4 is 0 Å². The molecule has 1 aromatic carbocycles. The molecule has 0 aliphatic heterocycles. The molecule has 3 nitrogen and oxygen atoms in total. The fourth-order valence-corrected chi connectivity index (χ4v) is 1.72. The lowest BCUT2D eigenvalue weighted by Crippen LogP contribution is -2.33. The second-order valence-corrected chi connectivity index (χ2v) is 4.50. The Morgan fingerprint density at radius 2 is 2.12 bits per heavy atom. The molecule has 0 bridgehead atoms. The van der Waals surface area contributed by atoms with Gasteiger partial charge in [-0.25, -0.2) is 0 Å². The van der Waals surface area contributed by atoms with Gasteiger partial charge in [0.25, 0.3) is 5.91 Å². The molecule has 0 spiro atoms. The highest BCUT2D eigenvalue weighted by Gasteiger charge is 2.16. The van der Waals surface area contributed by atoms with Crippen molar-refractivity contribution in [1.82, 2.24) is 4.90 Å². The maximum atomic E-state index is 11.9. The van der Waals surface area contributed by atoms with E-state index in [1.54, 1.807) is 26.1 Å². The number of halogens is 2. The summed E-state index contributed by atoms with van der Waals surface area (Å²) >= 11 is 11.7. The van der Waals surface area contributed by atoms with E-state index < -0.39 is 6.10 Å². The number of hydrogen-bond acceptors (Lipinski definition) is 2. The third kappa shape index (κ3) is 3.37. The van der Waals surface area contributed by atoms with Gasteiger partial charge >= 0.3 is 0 Å². The largest absolute Gasteiger partial charge is 0.392 e. The first kappa shape index (κ1) is 13.3. The molecule has 5 heteroatoms. The molecule has 1 rings (SSSR count). The first-order chi connectivity index (χ1) is 7.41. The van der Waals surface area contributed by atoms with Gasteiger partial charge in [0.05, 0.1) is 16.7 Å². The summed E-state index contributed by atoms with van der Waals surface area (Å²) in [5, 5.41) is 10.00. The van der Waals surface area contributed by atoms with Crippen LogP contribution in [0.15, 0.2) is 18.2 Å². The van der Waals surface area contributed by atoms with Crippen molar-refractivity contribution in [2.75, 3.05) is 13.6 Å². The summed E-state index contributed by atoms with van der Waals surface area (Å²) in [6, 6.07) is 4.72. The van der Waals surface area contributed by atoms with Crippen molar-refractivity contribution in [3.63, 3.8) is 0 Å². The Kier molecular flexibility index (Phi) is 4.59. The standard InChI is InChI=1S/C11H13Cl2NO2/c1-7(15)6-14(2)11(16)9-5-8(12)3-4-10(9)13/h3-5,7,15H,6H2,1-2H3. The number of likely N-dealkylation sites (N-methyl/N-ethyl adjacent to an activating group) is 1. The van der Waals surface area contributed by atoms with Gasteiger partial charge < -0.3 is 10.0 Å². The first-order valence-electron chi connectivity index (χ1n) is 4.80. The van der Waals surface area contributed by atoms with Crippen molar-refractivity contribution in [3.8, 4) is 0 Å². The molecule has 16 heavy (non-hydrogen) atoms. The van der Waals surface area contributed by atoms with Gasteiger partial charge in [0.2, 0.25) is 0 Å². The number of benzene rings is 1. The molecule has 88 valence electrons. The summed E-state index contributed by atoms with van der Waals surface area (Å²) in [7, 11) is 1.60. The zero-order chi connectivity index (χ0) is 12.3. The smallest absolute Gasteiger partial charge is 0.255 e. The third-order valence-electron chi connectivity index (χ3n) is 2.04. The molecule has 0 aliphatic rings. The Morgan fingerprint density at radius 1 is 1.50 bits per heavy atom. The zero-order valence-corrected chi connectivity index (χ0v) is 10.6. The van der Waals surface area contributed by atoms with Crippen LogP contribution in [0.3, 0.4) is 0 Å². The molecule has 1 amide bonds. The second kappa shape index (κ2) is 5.53. The minimum absolute atomic E-state index is 0.252. The normalized spacial score (nSPS) is 12.3. The van der Waals surface area contributed by atoms with Crippen LogP contribution in [0, 0.1) is 0 Å². The van der Waals surface area contributed by atoms with E-state index in [4.69, 9.17) is 23.2 Å². The molecule has 1 atom stereocenters. The Bertz CT molecular complexity index is 394. The van der Waals surface area contributed by atoms with E-state index in [1.165, 1.54) is 11.0 Å². The second-order valence-electron chi connectivity index (χ2n) is 3.66. The lowest BCUT2D eigenvalue weighted by atomic mass is 10.2. The van der Waals surface area contributed by atoms with E-state index in [0.29, 0.717) is 15.6 Å². The first-order valence-corrected chi connectivity index (χ1v) is 5.56. The topological polar surface area (TPSA) is 40.5 Å². The van der Waals surface area contributed by atoms with Crippen LogP contribution in [-0.4, -0.2) is 35.6 Å². The number of hydrogen-bond donors (Lipinski definition) is 1. The molecular formula is C11H13Cl2NO2. The fourth-order valence-electron chi connectivity index (χ4n) is 1.35. The van der Waals surface area contributed by atoms with E-state index >= 15 is 0 Å². The van der Waals surface area contributed by atoms with Crippen molar-refractivity contribution < 1.29 is 9.90 Å². The van der Waals surface area contributed by atoms with Crippen LogP contribution in [-0.2, 0) is 0 Å². The van der Waals surface area contributed by atoms with Crippen molar-refractivity contribution in [2.45, 2.75) is 13.0 Å². The molecule has 1 unspecified atom stereocenters. The summed E-state index contributed by atoms with van der Waals surface area (Å²) in [4.78, 5) is 13.3. The number of nitrogens with zero attached hydrogens (tertiary/aromatic N) is 1. The highest BCUT2D eigenvalue weighted by molar-refractivity contribution is 6.35. The minimum Gasteiger partial charge on any atom is -0.392 e. The summed E-state index contributed by atoms with van der Waals surface area (Å²) in [6.07, 6.45) is -0.577. The average molecular weight is 262 g/mol. The lowest BCUT2D eigenvalue weighted by molar-refractivity contribution is 0.0704. The van der Waals surface area contributed by atoms with Crippen LogP contribution >= 0.6 is 23.2 Å². The molecule has 0 fully saturated rings. The highest BCUT2D eigenvalue weighted by atomic mass is 35.5. The lowest BCUT2D eigenvalue weighted by Gasteiger charge is -2.19. The van der Waals surface area contributed by atoms with Crippen LogP contribution in [0.4, 0.5) is 0 Å². The van der Waals surface area contributed by atoms with Gasteiger partial charge in [-0.1, -0.05) is 23.2 Å². The average Bonchev–Trinajstić information content (AvgIpc) is 2.19.